The van der Waals surface area contributed by atoms with E-state index >= 15 is 0 Å². The van der Waals surface area contributed by atoms with E-state index in [-0.39, 0.29) is 12.2 Å². The zero-order chi connectivity index (χ0) is 12.3. The highest BCUT2D eigenvalue weighted by molar-refractivity contribution is 5.84. The molecule has 3 nitrogen and oxygen atoms in total. The van der Waals surface area contributed by atoms with E-state index < -0.39 is 0 Å². The Balaban J connectivity index is 2.59. The molecule has 16 heavy (non-hydrogen) atoms. The fraction of sp³-hybridized carbons (Fsp3) is 0.923. The number of rotatable bonds is 4. The maximum absolute atomic E-state index is 12.1. The van der Waals surface area contributed by atoms with E-state index in [1.54, 1.807) is 0 Å². The molecule has 1 rings (SSSR count). The number of hydrogen-bond donors (Lipinski definition) is 1. The summed E-state index contributed by atoms with van der Waals surface area (Å²) in [6.07, 6.45) is 3.20. The first kappa shape index (κ1) is 13.5. The summed E-state index contributed by atoms with van der Waals surface area (Å²) in [4.78, 5) is 14.1. The van der Waals surface area contributed by atoms with Gasteiger partial charge in [0, 0.05) is 6.54 Å². The van der Waals surface area contributed by atoms with Crippen molar-refractivity contribution in [2.45, 2.75) is 66.1 Å². The van der Waals surface area contributed by atoms with Crippen LogP contribution in [0, 0.1) is 5.41 Å². The summed E-state index contributed by atoms with van der Waals surface area (Å²) < 4.78 is 0. The fourth-order valence-corrected chi connectivity index (χ4v) is 2.10. The Bertz CT molecular complexity index is 245. The van der Waals surface area contributed by atoms with E-state index in [0.29, 0.717) is 11.3 Å². The Kier molecular flexibility index (Phi) is 4.36. The number of carbonyl (C=O) groups is 1. The van der Waals surface area contributed by atoms with Crippen molar-refractivity contribution in [1.82, 2.24) is 10.2 Å². The minimum absolute atomic E-state index is 0.0462. The molecule has 0 saturated carbocycles. The van der Waals surface area contributed by atoms with Gasteiger partial charge in [-0.25, -0.2) is 0 Å². The Morgan fingerprint density at radius 2 is 1.88 bits per heavy atom. The van der Waals surface area contributed by atoms with Crippen molar-refractivity contribution < 1.29 is 4.79 Å². The maximum atomic E-state index is 12.1. The Hall–Kier alpha value is -0.570. The highest BCUT2D eigenvalue weighted by Gasteiger charge is 2.36. The Morgan fingerprint density at radius 1 is 1.25 bits per heavy atom. The van der Waals surface area contributed by atoms with Crippen molar-refractivity contribution in [3.63, 3.8) is 0 Å². The van der Waals surface area contributed by atoms with Gasteiger partial charge in [-0.05, 0) is 24.7 Å². The first-order chi connectivity index (χ1) is 7.39. The number of amides is 1. The van der Waals surface area contributed by atoms with Crippen LogP contribution in [0.25, 0.3) is 0 Å². The minimum Gasteiger partial charge on any atom is -0.326 e. The highest BCUT2D eigenvalue weighted by Crippen LogP contribution is 2.22. The Labute approximate surface area is 99.6 Å². The summed E-state index contributed by atoms with van der Waals surface area (Å²) >= 11 is 0. The number of nitrogens with zero attached hydrogens (tertiary/aromatic N) is 1. The van der Waals surface area contributed by atoms with Crippen molar-refractivity contribution in [3.8, 4) is 0 Å². The van der Waals surface area contributed by atoms with Gasteiger partial charge in [-0.15, -0.1) is 0 Å². The van der Waals surface area contributed by atoms with Gasteiger partial charge >= 0.3 is 0 Å². The van der Waals surface area contributed by atoms with E-state index in [9.17, 15) is 4.79 Å². The molecule has 2 atom stereocenters. The number of hydrogen-bond acceptors (Lipinski definition) is 2. The molecule has 0 aliphatic carbocycles. The maximum Gasteiger partial charge on any atom is 0.241 e. The van der Waals surface area contributed by atoms with Gasteiger partial charge in [0.05, 0.1) is 12.2 Å². The third-order valence-corrected chi connectivity index (χ3v) is 3.25. The standard InChI is InChI=1S/C13H26N2O/c1-6-10-12(16)15(11(7-2)14-10)9-8-13(3,4)5/h10-11,14H,6-9H2,1-5H3. The smallest absolute Gasteiger partial charge is 0.241 e. The summed E-state index contributed by atoms with van der Waals surface area (Å²) in [5, 5.41) is 3.40. The molecule has 1 N–H and O–H groups in total. The lowest BCUT2D eigenvalue weighted by molar-refractivity contribution is -0.130. The second-order valence-corrected chi connectivity index (χ2v) is 5.89. The molecule has 1 aliphatic rings. The third-order valence-electron chi connectivity index (χ3n) is 3.25. The predicted molar refractivity (Wildman–Crippen MR) is 67.1 cm³/mol. The summed E-state index contributed by atoms with van der Waals surface area (Å²) in [6.45, 7) is 11.7. The van der Waals surface area contributed by atoms with Gasteiger partial charge in [-0.2, -0.15) is 0 Å². The quantitative estimate of drug-likeness (QED) is 0.798. The monoisotopic (exact) mass is 226 g/mol. The van der Waals surface area contributed by atoms with Crippen molar-refractivity contribution in [2.24, 2.45) is 5.41 Å². The molecule has 2 unspecified atom stereocenters. The van der Waals surface area contributed by atoms with Crippen molar-refractivity contribution >= 4 is 5.91 Å². The molecule has 0 radical (unpaired) electrons. The van der Waals surface area contributed by atoms with Crippen LogP contribution in [0.4, 0.5) is 0 Å². The van der Waals surface area contributed by atoms with Crippen molar-refractivity contribution in [2.75, 3.05) is 6.54 Å². The molecule has 0 aromatic heterocycles. The van der Waals surface area contributed by atoms with Gasteiger partial charge in [0.2, 0.25) is 5.91 Å². The van der Waals surface area contributed by atoms with Crippen LogP contribution >= 0.6 is 0 Å². The van der Waals surface area contributed by atoms with E-state index in [1.807, 2.05) is 4.90 Å². The van der Waals surface area contributed by atoms with E-state index in [1.165, 1.54) is 0 Å². The van der Waals surface area contributed by atoms with E-state index in [4.69, 9.17) is 0 Å². The minimum atomic E-state index is 0.0462. The van der Waals surface area contributed by atoms with Gasteiger partial charge in [-0.1, -0.05) is 34.6 Å². The predicted octanol–water partition coefficient (Wildman–Crippen LogP) is 2.37. The van der Waals surface area contributed by atoms with Crippen molar-refractivity contribution in [1.29, 1.82) is 0 Å². The summed E-state index contributed by atoms with van der Waals surface area (Å²) in [6, 6.07) is 0.0462. The molecule has 0 aromatic carbocycles. The first-order valence-electron chi connectivity index (χ1n) is 6.45. The average Bonchev–Trinajstić information content (AvgIpc) is 2.50. The van der Waals surface area contributed by atoms with Crippen LogP contribution in [-0.4, -0.2) is 29.6 Å². The van der Waals surface area contributed by atoms with Crippen LogP contribution in [0.15, 0.2) is 0 Å². The molecular formula is C13H26N2O. The molecule has 3 heteroatoms. The van der Waals surface area contributed by atoms with Crippen molar-refractivity contribution in [3.05, 3.63) is 0 Å². The topological polar surface area (TPSA) is 32.3 Å². The molecule has 0 bridgehead atoms. The lowest BCUT2D eigenvalue weighted by Crippen LogP contribution is -2.38. The summed E-state index contributed by atoms with van der Waals surface area (Å²) in [7, 11) is 0. The zero-order valence-corrected chi connectivity index (χ0v) is 11.3. The number of carbonyl (C=O) groups excluding carboxylic acids is 1. The van der Waals surface area contributed by atoms with Gasteiger partial charge < -0.3 is 4.90 Å². The molecular weight excluding hydrogens is 200 g/mol. The second kappa shape index (κ2) is 5.17. The van der Waals surface area contributed by atoms with E-state index in [0.717, 1.165) is 25.8 Å². The SMILES string of the molecule is CCC1NC(CC)N(CCC(C)(C)C)C1=O. The van der Waals surface area contributed by atoms with Crippen LogP contribution < -0.4 is 5.32 Å². The highest BCUT2D eigenvalue weighted by atomic mass is 16.2. The third kappa shape index (κ3) is 3.21. The first-order valence-corrected chi connectivity index (χ1v) is 6.45. The zero-order valence-electron chi connectivity index (χ0n) is 11.3. The van der Waals surface area contributed by atoms with Gasteiger partial charge in [0.15, 0.2) is 0 Å². The van der Waals surface area contributed by atoms with Crippen LogP contribution in [0.5, 0.6) is 0 Å². The molecule has 1 fully saturated rings. The molecule has 1 heterocycles. The van der Waals surface area contributed by atoms with Gasteiger partial charge in [-0.3, -0.25) is 10.1 Å². The normalized spacial score (nSPS) is 26.6. The second-order valence-electron chi connectivity index (χ2n) is 5.89. The summed E-state index contributed by atoms with van der Waals surface area (Å²) in [5.41, 5.74) is 0.295. The van der Waals surface area contributed by atoms with Crippen LogP contribution in [-0.2, 0) is 4.79 Å². The van der Waals surface area contributed by atoms with Gasteiger partial charge in [0.1, 0.15) is 0 Å². The van der Waals surface area contributed by atoms with Crippen LogP contribution in [0.2, 0.25) is 0 Å². The molecule has 94 valence electrons. The van der Waals surface area contributed by atoms with E-state index in [2.05, 4.69) is 39.9 Å². The van der Waals surface area contributed by atoms with Crippen LogP contribution in [0.1, 0.15) is 53.9 Å². The molecule has 1 amide bonds. The van der Waals surface area contributed by atoms with Crippen LogP contribution in [0.3, 0.4) is 0 Å². The molecule has 0 spiro atoms. The Morgan fingerprint density at radius 3 is 2.31 bits per heavy atom. The summed E-state index contributed by atoms with van der Waals surface area (Å²) in [5.74, 6) is 0.290. The number of nitrogens with one attached hydrogen (secondary N) is 1. The fourth-order valence-electron chi connectivity index (χ4n) is 2.10. The molecule has 1 saturated heterocycles. The van der Waals surface area contributed by atoms with Gasteiger partial charge in [0.25, 0.3) is 0 Å². The molecule has 1 aliphatic heterocycles. The lowest BCUT2D eigenvalue weighted by atomic mass is 9.92. The lowest BCUT2D eigenvalue weighted by Gasteiger charge is -2.27. The molecule has 0 aromatic rings. The average molecular weight is 226 g/mol. The largest absolute Gasteiger partial charge is 0.326 e.